The molecule has 1 aromatic heterocycles. The molecular weight excluding hydrogens is 218 g/mol. The van der Waals surface area contributed by atoms with E-state index < -0.39 is 0 Å². The van der Waals surface area contributed by atoms with Crippen LogP contribution < -0.4 is 10.5 Å². The lowest BCUT2D eigenvalue weighted by Crippen LogP contribution is -1.95. The summed E-state index contributed by atoms with van der Waals surface area (Å²) in [5.74, 6) is 2.06. The summed E-state index contributed by atoms with van der Waals surface area (Å²) in [6.07, 6.45) is 0. The van der Waals surface area contributed by atoms with Crippen LogP contribution in [0.25, 0.3) is 0 Å². The molecule has 1 aromatic carbocycles. The van der Waals surface area contributed by atoms with Gasteiger partial charge >= 0.3 is 0 Å². The number of anilines is 1. The van der Waals surface area contributed by atoms with Gasteiger partial charge in [0.1, 0.15) is 5.75 Å². The van der Waals surface area contributed by atoms with E-state index in [1.165, 1.54) is 0 Å². The minimum absolute atomic E-state index is 0.229. The first-order valence-electron chi connectivity index (χ1n) is 5.46. The third-order valence-corrected chi connectivity index (χ3v) is 2.22. The molecule has 2 aromatic rings. The van der Waals surface area contributed by atoms with Crippen LogP contribution in [0.5, 0.6) is 5.75 Å². The van der Waals surface area contributed by atoms with Crippen LogP contribution in [0.3, 0.4) is 0 Å². The normalized spacial score (nSPS) is 10.8. The lowest BCUT2D eigenvalue weighted by molar-refractivity contribution is 0.257. The van der Waals surface area contributed by atoms with Crippen LogP contribution in [0.4, 0.5) is 5.69 Å². The van der Waals surface area contributed by atoms with Crippen molar-refractivity contribution in [1.82, 2.24) is 10.2 Å². The Kier molecular flexibility index (Phi) is 3.27. The molecule has 0 aliphatic rings. The van der Waals surface area contributed by atoms with Gasteiger partial charge in [0.25, 0.3) is 5.89 Å². The van der Waals surface area contributed by atoms with Crippen molar-refractivity contribution >= 4 is 5.69 Å². The maximum Gasteiger partial charge on any atom is 0.253 e. The van der Waals surface area contributed by atoms with E-state index in [0.29, 0.717) is 17.5 Å². The Balaban J connectivity index is 1.95. The molecule has 0 fully saturated rings. The summed E-state index contributed by atoms with van der Waals surface area (Å²) in [6, 6.07) is 7.16. The minimum atomic E-state index is 0.229. The third-order valence-electron chi connectivity index (χ3n) is 2.22. The predicted molar refractivity (Wildman–Crippen MR) is 63.6 cm³/mol. The molecule has 1 heterocycles. The SMILES string of the molecule is CC(C)c1nnc(COc2ccc(N)cc2)o1. The van der Waals surface area contributed by atoms with Crippen molar-refractivity contribution in [2.24, 2.45) is 0 Å². The molecule has 17 heavy (non-hydrogen) atoms. The number of hydrogen-bond acceptors (Lipinski definition) is 5. The second-order valence-corrected chi connectivity index (χ2v) is 4.05. The summed E-state index contributed by atoms with van der Waals surface area (Å²) in [4.78, 5) is 0. The number of ether oxygens (including phenoxy) is 1. The third kappa shape index (κ3) is 2.96. The summed E-state index contributed by atoms with van der Waals surface area (Å²) in [5.41, 5.74) is 6.28. The molecule has 0 saturated heterocycles. The zero-order chi connectivity index (χ0) is 12.3. The maximum absolute atomic E-state index is 5.57. The van der Waals surface area contributed by atoms with Gasteiger partial charge in [0.05, 0.1) is 0 Å². The summed E-state index contributed by atoms with van der Waals surface area (Å²) in [5, 5.41) is 7.83. The fraction of sp³-hybridized carbons (Fsp3) is 0.333. The van der Waals surface area contributed by atoms with E-state index in [1.807, 2.05) is 13.8 Å². The fourth-order valence-electron chi connectivity index (χ4n) is 1.27. The highest BCUT2D eigenvalue weighted by Crippen LogP contribution is 2.16. The van der Waals surface area contributed by atoms with Crippen molar-refractivity contribution in [1.29, 1.82) is 0 Å². The van der Waals surface area contributed by atoms with Crippen LogP contribution in [0, 0.1) is 0 Å². The van der Waals surface area contributed by atoms with E-state index >= 15 is 0 Å². The van der Waals surface area contributed by atoms with Gasteiger partial charge in [-0.15, -0.1) is 10.2 Å². The van der Waals surface area contributed by atoms with Gasteiger partial charge in [0, 0.05) is 11.6 Å². The first-order valence-corrected chi connectivity index (χ1v) is 5.46. The second-order valence-electron chi connectivity index (χ2n) is 4.05. The lowest BCUT2D eigenvalue weighted by atomic mass is 10.2. The van der Waals surface area contributed by atoms with E-state index in [9.17, 15) is 0 Å². The molecule has 0 spiro atoms. The van der Waals surface area contributed by atoms with Crippen LogP contribution >= 0.6 is 0 Å². The number of nitrogen functional groups attached to an aromatic ring is 1. The average molecular weight is 233 g/mol. The molecule has 0 saturated carbocycles. The van der Waals surface area contributed by atoms with Crippen molar-refractivity contribution in [3.05, 3.63) is 36.0 Å². The Hall–Kier alpha value is -2.04. The highest BCUT2D eigenvalue weighted by Gasteiger charge is 2.09. The Morgan fingerprint density at radius 3 is 2.53 bits per heavy atom. The van der Waals surface area contributed by atoms with Gasteiger partial charge in [-0.05, 0) is 24.3 Å². The molecule has 0 bridgehead atoms. The zero-order valence-corrected chi connectivity index (χ0v) is 9.88. The van der Waals surface area contributed by atoms with E-state index in [4.69, 9.17) is 14.9 Å². The molecule has 0 aliphatic heterocycles. The number of aromatic nitrogens is 2. The van der Waals surface area contributed by atoms with Crippen molar-refractivity contribution in [3.63, 3.8) is 0 Å². The van der Waals surface area contributed by atoms with Gasteiger partial charge in [0.15, 0.2) is 6.61 Å². The molecule has 5 heteroatoms. The quantitative estimate of drug-likeness (QED) is 0.820. The molecule has 0 atom stereocenters. The van der Waals surface area contributed by atoms with Crippen LogP contribution in [0.15, 0.2) is 28.7 Å². The van der Waals surface area contributed by atoms with Crippen LogP contribution in [-0.4, -0.2) is 10.2 Å². The fourth-order valence-corrected chi connectivity index (χ4v) is 1.27. The van der Waals surface area contributed by atoms with Crippen molar-refractivity contribution < 1.29 is 9.15 Å². The molecule has 2 N–H and O–H groups in total. The molecule has 0 radical (unpaired) electrons. The molecular formula is C12H15N3O2. The van der Waals surface area contributed by atoms with E-state index in [2.05, 4.69) is 10.2 Å². The van der Waals surface area contributed by atoms with Gasteiger partial charge in [-0.2, -0.15) is 0 Å². The highest BCUT2D eigenvalue weighted by molar-refractivity contribution is 5.41. The first-order chi connectivity index (χ1) is 8.15. The Morgan fingerprint density at radius 2 is 1.94 bits per heavy atom. The monoisotopic (exact) mass is 233 g/mol. The molecule has 0 aliphatic carbocycles. The Morgan fingerprint density at radius 1 is 1.24 bits per heavy atom. The molecule has 5 nitrogen and oxygen atoms in total. The Labute approximate surface area is 99.6 Å². The molecule has 2 rings (SSSR count). The van der Waals surface area contributed by atoms with Crippen LogP contribution in [0.2, 0.25) is 0 Å². The Bertz CT molecular complexity index is 477. The summed E-state index contributed by atoms with van der Waals surface area (Å²) >= 11 is 0. The predicted octanol–water partition coefficient (Wildman–Crippen LogP) is 2.35. The highest BCUT2D eigenvalue weighted by atomic mass is 16.5. The van der Waals surface area contributed by atoms with E-state index in [0.717, 1.165) is 5.75 Å². The van der Waals surface area contributed by atoms with Gasteiger partial charge in [-0.3, -0.25) is 0 Å². The van der Waals surface area contributed by atoms with Crippen molar-refractivity contribution in [2.45, 2.75) is 26.4 Å². The molecule has 0 amide bonds. The van der Waals surface area contributed by atoms with Crippen molar-refractivity contribution in [3.8, 4) is 5.75 Å². The number of nitrogens with zero attached hydrogens (tertiary/aromatic N) is 2. The largest absolute Gasteiger partial charge is 0.484 e. The second kappa shape index (κ2) is 4.86. The standard InChI is InChI=1S/C12H15N3O2/c1-8(2)12-15-14-11(17-12)7-16-10-5-3-9(13)4-6-10/h3-6,8H,7,13H2,1-2H3. The van der Waals surface area contributed by atoms with Gasteiger partial charge in [-0.25, -0.2) is 0 Å². The topological polar surface area (TPSA) is 74.2 Å². The minimum Gasteiger partial charge on any atom is -0.484 e. The number of rotatable bonds is 4. The molecule has 90 valence electrons. The summed E-state index contributed by atoms with van der Waals surface area (Å²) in [7, 11) is 0. The zero-order valence-electron chi connectivity index (χ0n) is 9.88. The number of benzene rings is 1. The van der Waals surface area contributed by atoms with Crippen LogP contribution in [0.1, 0.15) is 31.5 Å². The first kappa shape index (κ1) is 11.4. The summed E-state index contributed by atoms with van der Waals surface area (Å²) in [6.45, 7) is 4.26. The van der Waals surface area contributed by atoms with Gasteiger partial charge in [0.2, 0.25) is 5.89 Å². The van der Waals surface area contributed by atoms with E-state index in [1.54, 1.807) is 24.3 Å². The lowest BCUT2D eigenvalue weighted by Gasteiger charge is -2.03. The van der Waals surface area contributed by atoms with Gasteiger partial charge in [-0.1, -0.05) is 13.8 Å². The number of hydrogen-bond donors (Lipinski definition) is 1. The smallest absolute Gasteiger partial charge is 0.253 e. The van der Waals surface area contributed by atoms with Gasteiger partial charge < -0.3 is 14.9 Å². The average Bonchev–Trinajstić information content (AvgIpc) is 2.77. The van der Waals surface area contributed by atoms with Crippen molar-refractivity contribution in [2.75, 3.05) is 5.73 Å². The van der Waals surface area contributed by atoms with Crippen LogP contribution in [-0.2, 0) is 6.61 Å². The maximum atomic E-state index is 5.57. The molecule has 0 unspecified atom stereocenters. The van der Waals surface area contributed by atoms with E-state index in [-0.39, 0.29) is 12.5 Å². The summed E-state index contributed by atoms with van der Waals surface area (Å²) < 4.78 is 10.9. The number of nitrogens with two attached hydrogens (primary N) is 1.